The third-order valence-corrected chi connectivity index (χ3v) is 3.30. The Hall–Kier alpha value is -3.01. The van der Waals surface area contributed by atoms with Crippen LogP contribution in [0.25, 0.3) is 0 Å². The number of aromatic nitrogens is 1. The molecule has 2 aromatic rings. The number of rotatable bonds is 5. The summed E-state index contributed by atoms with van der Waals surface area (Å²) in [4.78, 5) is 26.2. The standard InChI is InChI=1S/C14H11BrN4O5/c1-24-13-11(20)3-2-8(12(13)19(22)23)6-17-18-14(21)9-4-10(15)7-16-5-9/h2-7,20H,1H3,(H,18,21). The van der Waals surface area contributed by atoms with Gasteiger partial charge < -0.3 is 9.84 Å². The predicted octanol–water partition coefficient (Wildman–Crippen LogP) is 2.23. The van der Waals surface area contributed by atoms with Crippen LogP contribution in [-0.4, -0.2) is 34.2 Å². The second-order valence-corrected chi connectivity index (χ2v) is 5.32. The highest BCUT2D eigenvalue weighted by Gasteiger charge is 2.23. The average Bonchev–Trinajstić information content (AvgIpc) is 2.55. The molecule has 0 fully saturated rings. The molecule has 0 atom stereocenters. The first-order valence-electron chi connectivity index (χ1n) is 6.42. The number of methoxy groups -OCH3 is 1. The fourth-order valence-electron chi connectivity index (χ4n) is 1.83. The summed E-state index contributed by atoms with van der Waals surface area (Å²) in [5.74, 6) is -1.19. The summed E-state index contributed by atoms with van der Waals surface area (Å²) in [6, 6.07) is 4.06. The largest absolute Gasteiger partial charge is 0.504 e. The van der Waals surface area contributed by atoms with Gasteiger partial charge in [0.25, 0.3) is 5.91 Å². The first-order chi connectivity index (χ1) is 11.4. The number of hydrogen-bond acceptors (Lipinski definition) is 7. The lowest BCUT2D eigenvalue weighted by Gasteiger charge is -2.06. The highest BCUT2D eigenvalue weighted by molar-refractivity contribution is 9.10. The fourth-order valence-corrected chi connectivity index (χ4v) is 2.20. The van der Waals surface area contributed by atoms with Gasteiger partial charge in [-0.25, -0.2) is 5.43 Å². The minimum absolute atomic E-state index is 0.0577. The number of amides is 1. The molecule has 1 heterocycles. The van der Waals surface area contributed by atoms with Gasteiger partial charge in [-0.3, -0.25) is 19.9 Å². The Morgan fingerprint density at radius 1 is 1.50 bits per heavy atom. The number of aromatic hydroxyl groups is 1. The van der Waals surface area contributed by atoms with Gasteiger partial charge in [-0.2, -0.15) is 5.10 Å². The number of phenolic OH excluding ortho intramolecular Hbond substituents is 1. The molecule has 24 heavy (non-hydrogen) atoms. The maximum absolute atomic E-state index is 11.9. The van der Waals surface area contributed by atoms with Gasteiger partial charge in [0.1, 0.15) is 0 Å². The van der Waals surface area contributed by atoms with Crippen molar-refractivity contribution in [2.45, 2.75) is 0 Å². The van der Waals surface area contributed by atoms with Crippen LogP contribution in [0.5, 0.6) is 11.5 Å². The summed E-state index contributed by atoms with van der Waals surface area (Å²) >= 11 is 3.19. The van der Waals surface area contributed by atoms with E-state index in [1.54, 1.807) is 6.07 Å². The van der Waals surface area contributed by atoms with E-state index in [1.807, 2.05) is 0 Å². The Bertz CT molecular complexity index is 825. The van der Waals surface area contributed by atoms with E-state index >= 15 is 0 Å². The molecule has 0 spiro atoms. The summed E-state index contributed by atoms with van der Waals surface area (Å²) in [7, 11) is 1.20. The number of hydrazone groups is 1. The van der Waals surface area contributed by atoms with Gasteiger partial charge in [-0.15, -0.1) is 0 Å². The van der Waals surface area contributed by atoms with Crippen LogP contribution < -0.4 is 10.2 Å². The molecule has 0 unspecified atom stereocenters. The van der Waals surface area contributed by atoms with Crippen LogP contribution in [0.3, 0.4) is 0 Å². The quantitative estimate of drug-likeness (QED) is 0.454. The van der Waals surface area contributed by atoms with E-state index < -0.39 is 16.5 Å². The molecule has 2 N–H and O–H groups in total. The molecule has 0 aliphatic rings. The number of hydrogen-bond donors (Lipinski definition) is 2. The molecule has 2 rings (SSSR count). The number of halogens is 1. The summed E-state index contributed by atoms with van der Waals surface area (Å²) in [5.41, 5.74) is 2.10. The van der Waals surface area contributed by atoms with E-state index in [-0.39, 0.29) is 22.6 Å². The van der Waals surface area contributed by atoms with Gasteiger partial charge in [-0.05, 0) is 34.1 Å². The van der Waals surface area contributed by atoms with Crippen molar-refractivity contribution in [3.8, 4) is 11.5 Å². The van der Waals surface area contributed by atoms with Crippen molar-refractivity contribution in [3.05, 3.63) is 56.3 Å². The average molecular weight is 395 g/mol. The van der Waals surface area contributed by atoms with Crippen LogP contribution in [0.1, 0.15) is 15.9 Å². The summed E-state index contributed by atoms with van der Waals surface area (Å²) in [5, 5.41) is 24.4. The van der Waals surface area contributed by atoms with Crippen molar-refractivity contribution in [3.63, 3.8) is 0 Å². The number of nitro groups is 1. The van der Waals surface area contributed by atoms with E-state index in [0.717, 1.165) is 6.21 Å². The van der Waals surface area contributed by atoms with Crippen LogP contribution >= 0.6 is 15.9 Å². The topological polar surface area (TPSA) is 127 Å². The number of phenols is 1. The highest BCUT2D eigenvalue weighted by Crippen LogP contribution is 2.37. The molecule has 1 amide bonds. The number of carbonyl (C=O) groups is 1. The first-order valence-corrected chi connectivity index (χ1v) is 7.21. The van der Waals surface area contributed by atoms with E-state index in [9.17, 15) is 20.0 Å². The number of ether oxygens (including phenoxy) is 1. The molecular formula is C14H11BrN4O5. The van der Waals surface area contributed by atoms with Gasteiger partial charge in [0.15, 0.2) is 5.75 Å². The smallest absolute Gasteiger partial charge is 0.323 e. The Morgan fingerprint density at radius 3 is 2.88 bits per heavy atom. The Kier molecular flexibility index (Phi) is 5.42. The van der Waals surface area contributed by atoms with Crippen LogP contribution in [0, 0.1) is 10.1 Å². The van der Waals surface area contributed by atoms with E-state index in [1.165, 1.54) is 31.6 Å². The number of nitrogens with zero attached hydrogens (tertiary/aromatic N) is 3. The minimum Gasteiger partial charge on any atom is -0.504 e. The number of nitro benzene ring substituents is 1. The summed E-state index contributed by atoms with van der Waals surface area (Å²) in [6.45, 7) is 0. The molecule has 1 aromatic heterocycles. The van der Waals surface area contributed by atoms with Gasteiger partial charge in [0, 0.05) is 16.9 Å². The Morgan fingerprint density at radius 2 is 2.25 bits per heavy atom. The van der Waals surface area contributed by atoms with Crippen molar-refractivity contribution in [1.29, 1.82) is 0 Å². The van der Waals surface area contributed by atoms with Crippen LogP contribution in [0.15, 0.2) is 40.2 Å². The second kappa shape index (κ2) is 7.51. The highest BCUT2D eigenvalue weighted by atomic mass is 79.9. The molecule has 0 aliphatic heterocycles. The molecular weight excluding hydrogens is 384 g/mol. The minimum atomic E-state index is -0.708. The van der Waals surface area contributed by atoms with E-state index in [4.69, 9.17) is 4.74 Å². The Balaban J connectivity index is 2.23. The number of nitrogens with one attached hydrogen (secondary N) is 1. The monoisotopic (exact) mass is 394 g/mol. The maximum atomic E-state index is 11.9. The summed E-state index contributed by atoms with van der Waals surface area (Å²) in [6.07, 6.45) is 3.96. The molecule has 9 nitrogen and oxygen atoms in total. The molecule has 0 bridgehead atoms. The van der Waals surface area contributed by atoms with Gasteiger partial charge in [0.05, 0.1) is 29.4 Å². The first kappa shape index (κ1) is 17.3. The SMILES string of the molecule is COc1c(O)ccc(C=NNC(=O)c2cncc(Br)c2)c1[N+](=O)[O-]. The molecule has 124 valence electrons. The molecule has 0 aliphatic carbocycles. The zero-order valence-corrected chi connectivity index (χ0v) is 13.8. The number of carbonyl (C=O) groups excluding carboxylic acids is 1. The number of pyridine rings is 1. The molecule has 1 aromatic carbocycles. The molecule has 0 saturated carbocycles. The van der Waals surface area contributed by atoms with Crippen LogP contribution in [-0.2, 0) is 0 Å². The lowest BCUT2D eigenvalue weighted by molar-refractivity contribution is -0.386. The predicted molar refractivity (Wildman–Crippen MR) is 88.3 cm³/mol. The van der Waals surface area contributed by atoms with Crippen molar-refractivity contribution in [2.24, 2.45) is 5.10 Å². The fraction of sp³-hybridized carbons (Fsp3) is 0.0714. The van der Waals surface area contributed by atoms with Gasteiger partial charge >= 0.3 is 5.69 Å². The molecule has 0 radical (unpaired) electrons. The van der Waals surface area contributed by atoms with Crippen LogP contribution in [0.4, 0.5) is 5.69 Å². The normalized spacial score (nSPS) is 10.6. The van der Waals surface area contributed by atoms with E-state index in [2.05, 4.69) is 31.4 Å². The zero-order valence-electron chi connectivity index (χ0n) is 12.3. The zero-order chi connectivity index (χ0) is 17.7. The molecule has 10 heteroatoms. The second-order valence-electron chi connectivity index (χ2n) is 4.40. The maximum Gasteiger partial charge on any atom is 0.323 e. The van der Waals surface area contributed by atoms with Crippen molar-refractivity contribution >= 4 is 33.7 Å². The number of benzene rings is 1. The molecule has 0 saturated heterocycles. The lowest BCUT2D eigenvalue weighted by atomic mass is 10.1. The van der Waals surface area contributed by atoms with Crippen molar-refractivity contribution in [2.75, 3.05) is 7.11 Å². The van der Waals surface area contributed by atoms with Crippen LogP contribution in [0.2, 0.25) is 0 Å². The van der Waals surface area contributed by atoms with E-state index in [0.29, 0.717) is 4.47 Å². The van der Waals surface area contributed by atoms with Crippen molar-refractivity contribution in [1.82, 2.24) is 10.4 Å². The summed E-state index contributed by atoms with van der Waals surface area (Å²) < 4.78 is 5.46. The Labute approximate surface area is 144 Å². The van der Waals surface area contributed by atoms with Crippen molar-refractivity contribution < 1.29 is 19.6 Å². The third-order valence-electron chi connectivity index (χ3n) is 2.87. The van der Waals surface area contributed by atoms with Gasteiger partial charge in [0.2, 0.25) is 5.75 Å². The van der Waals surface area contributed by atoms with Gasteiger partial charge in [-0.1, -0.05) is 0 Å². The lowest BCUT2D eigenvalue weighted by Crippen LogP contribution is -2.17. The third kappa shape index (κ3) is 3.84.